The van der Waals surface area contributed by atoms with Gasteiger partial charge in [0.25, 0.3) is 0 Å². The predicted octanol–water partition coefficient (Wildman–Crippen LogP) is 1.33. The second-order valence-electron chi connectivity index (χ2n) is 6.61. The molecule has 2 aliphatic rings. The molecule has 0 N–H and O–H groups in total. The van der Waals surface area contributed by atoms with E-state index in [9.17, 15) is 0 Å². The Bertz CT molecular complexity index is 699. The topological polar surface area (TPSA) is 50.1 Å². The van der Waals surface area contributed by atoms with Crippen LogP contribution < -0.4 is 4.90 Å². The van der Waals surface area contributed by atoms with E-state index in [1.54, 1.807) is 0 Å². The van der Waals surface area contributed by atoms with Gasteiger partial charge in [0, 0.05) is 51.7 Å². The van der Waals surface area contributed by atoms with E-state index >= 15 is 0 Å². The fourth-order valence-corrected chi connectivity index (χ4v) is 3.69. The fourth-order valence-electron chi connectivity index (χ4n) is 3.69. The van der Waals surface area contributed by atoms with Crippen molar-refractivity contribution < 1.29 is 0 Å². The summed E-state index contributed by atoms with van der Waals surface area (Å²) in [5, 5.41) is 4.69. The molecule has 6 nitrogen and oxygen atoms in total. The van der Waals surface area contributed by atoms with Crippen LogP contribution in [0.2, 0.25) is 0 Å². The van der Waals surface area contributed by atoms with E-state index in [1.165, 1.54) is 29.8 Å². The molecule has 1 aliphatic carbocycles. The van der Waals surface area contributed by atoms with Gasteiger partial charge in [0.2, 0.25) is 5.95 Å². The Balaban J connectivity index is 1.41. The van der Waals surface area contributed by atoms with Crippen LogP contribution in [0.3, 0.4) is 0 Å². The third kappa shape index (κ3) is 2.83. The van der Waals surface area contributed by atoms with Gasteiger partial charge >= 0.3 is 0 Å². The summed E-state index contributed by atoms with van der Waals surface area (Å²) in [6.45, 7) is 7.12. The first-order valence-corrected chi connectivity index (χ1v) is 8.51. The Hall–Kier alpha value is -1.95. The third-order valence-corrected chi connectivity index (χ3v) is 5.01. The molecule has 3 heterocycles. The molecule has 6 heteroatoms. The van der Waals surface area contributed by atoms with Gasteiger partial charge in [0.05, 0.1) is 11.4 Å². The summed E-state index contributed by atoms with van der Waals surface area (Å²) in [4.78, 5) is 13.8. The van der Waals surface area contributed by atoms with Crippen LogP contribution in [0.15, 0.2) is 12.3 Å². The van der Waals surface area contributed by atoms with Gasteiger partial charge < -0.3 is 4.90 Å². The van der Waals surface area contributed by atoms with E-state index in [2.05, 4.69) is 36.6 Å². The van der Waals surface area contributed by atoms with Crippen molar-refractivity contribution >= 4 is 5.95 Å². The van der Waals surface area contributed by atoms with E-state index in [1.807, 2.05) is 19.2 Å². The highest BCUT2D eigenvalue weighted by atomic mass is 15.3. The summed E-state index contributed by atoms with van der Waals surface area (Å²) in [5.74, 6) is 0.867. The van der Waals surface area contributed by atoms with E-state index in [0.717, 1.165) is 50.8 Å². The molecule has 122 valence electrons. The van der Waals surface area contributed by atoms with Crippen LogP contribution in [-0.2, 0) is 26.4 Å². The first-order valence-electron chi connectivity index (χ1n) is 8.51. The zero-order valence-corrected chi connectivity index (χ0v) is 14.0. The first kappa shape index (κ1) is 14.6. The van der Waals surface area contributed by atoms with E-state index in [4.69, 9.17) is 0 Å². The molecule has 0 spiro atoms. The molecule has 0 radical (unpaired) electrons. The summed E-state index contributed by atoms with van der Waals surface area (Å²) in [5.41, 5.74) is 5.28. The highest BCUT2D eigenvalue weighted by Crippen LogP contribution is 2.25. The van der Waals surface area contributed by atoms with Crippen LogP contribution in [0.25, 0.3) is 0 Å². The minimum absolute atomic E-state index is 0.867. The molecule has 1 fully saturated rings. The van der Waals surface area contributed by atoms with Crippen molar-refractivity contribution in [3.05, 3.63) is 34.9 Å². The summed E-state index contributed by atoms with van der Waals surface area (Å²) < 4.78 is 2.10. The van der Waals surface area contributed by atoms with Gasteiger partial charge in [-0.05, 0) is 37.8 Å². The van der Waals surface area contributed by atoms with Crippen LogP contribution in [0, 0.1) is 6.92 Å². The zero-order valence-electron chi connectivity index (χ0n) is 14.0. The number of hydrogen-bond acceptors (Lipinski definition) is 5. The van der Waals surface area contributed by atoms with Crippen LogP contribution in [0.4, 0.5) is 5.95 Å². The lowest BCUT2D eigenvalue weighted by Crippen LogP contribution is -2.46. The molecule has 0 bridgehead atoms. The Morgan fingerprint density at radius 3 is 2.74 bits per heavy atom. The van der Waals surface area contributed by atoms with Gasteiger partial charge in [0.15, 0.2) is 0 Å². The highest BCUT2D eigenvalue weighted by Gasteiger charge is 2.24. The van der Waals surface area contributed by atoms with Crippen molar-refractivity contribution in [3.63, 3.8) is 0 Å². The second-order valence-corrected chi connectivity index (χ2v) is 6.61. The molecule has 2 aromatic rings. The van der Waals surface area contributed by atoms with Gasteiger partial charge in [-0.25, -0.2) is 9.97 Å². The normalized spacial score (nSPS) is 18.4. The molecule has 0 unspecified atom stereocenters. The van der Waals surface area contributed by atoms with Gasteiger partial charge in [-0.2, -0.15) is 5.10 Å². The lowest BCUT2D eigenvalue weighted by atomic mass is 10.2. The lowest BCUT2D eigenvalue weighted by molar-refractivity contribution is 0.242. The Morgan fingerprint density at radius 2 is 1.96 bits per heavy atom. The van der Waals surface area contributed by atoms with Gasteiger partial charge in [-0.3, -0.25) is 9.58 Å². The summed E-state index contributed by atoms with van der Waals surface area (Å²) in [6, 6.07) is 1.95. The van der Waals surface area contributed by atoms with E-state index < -0.39 is 0 Å². The number of rotatable bonds is 3. The standard InChI is InChI=1S/C17H24N6/c1-13-6-7-18-17(19-13)23-10-8-22(9-11-23)12-16-14-4-3-5-15(14)20-21(16)2/h6-7H,3-5,8-12H2,1-2H3. The van der Waals surface area contributed by atoms with Crippen molar-refractivity contribution in [3.8, 4) is 0 Å². The number of aromatic nitrogens is 4. The Kier molecular flexibility index (Phi) is 3.77. The Morgan fingerprint density at radius 1 is 1.13 bits per heavy atom. The molecule has 1 saturated heterocycles. The number of nitrogens with zero attached hydrogens (tertiary/aromatic N) is 6. The summed E-state index contributed by atoms with van der Waals surface area (Å²) >= 11 is 0. The third-order valence-electron chi connectivity index (χ3n) is 5.01. The van der Waals surface area contributed by atoms with Crippen LogP contribution in [-0.4, -0.2) is 50.8 Å². The smallest absolute Gasteiger partial charge is 0.225 e. The number of piperazine rings is 1. The summed E-state index contributed by atoms with van der Waals surface area (Å²) in [6.07, 6.45) is 5.48. The number of fused-ring (bicyclic) bond motifs is 1. The van der Waals surface area contributed by atoms with Crippen molar-refractivity contribution in [1.82, 2.24) is 24.6 Å². The molecule has 23 heavy (non-hydrogen) atoms. The molecule has 4 rings (SSSR count). The average molecular weight is 312 g/mol. The maximum atomic E-state index is 4.69. The molecular formula is C17H24N6. The second kappa shape index (κ2) is 5.92. The predicted molar refractivity (Wildman–Crippen MR) is 89.5 cm³/mol. The largest absolute Gasteiger partial charge is 0.338 e. The van der Waals surface area contributed by atoms with Gasteiger partial charge in [-0.15, -0.1) is 0 Å². The highest BCUT2D eigenvalue weighted by molar-refractivity contribution is 5.32. The number of anilines is 1. The number of aryl methyl sites for hydroxylation is 3. The zero-order chi connectivity index (χ0) is 15.8. The molecule has 0 atom stereocenters. The van der Waals surface area contributed by atoms with Crippen LogP contribution in [0.5, 0.6) is 0 Å². The van der Waals surface area contributed by atoms with Gasteiger partial charge in [-0.1, -0.05) is 0 Å². The Labute approximate surface area is 137 Å². The fraction of sp³-hybridized carbons (Fsp3) is 0.588. The SMILES string of the molecule is Cc1ccnc(N2CCN(Cc3c4c(nn3C)CCC4)CC2)n1. The quantitative estimate of drug-likeness (QED) is 0.856. The molecule has 0 aromatic carbocycles. The molecule has 2 aromatic heterocycles. The molecular weight excluding hydrogens is 288 g/mol. The maximum Gasteiger partial charge on any atom is 0.225 e. The monoisotopic (exact) mass is 312 g/mol. The van der Waals surface area contributed by atoms with Crippen molar-refractivity contribution in [2.45, 2.75) is 32.7 Å². The average Bonchev–Trinajstić information content (AvgIpc) is 3.11. The minimum Gasteiger partial charge on any atom is -0.338 e. The lowest BCUT2D eigenvalue weighted by Gasteiger charge is -2.34. The van der Waals surface area contributed by atoms with Crippen molar-refractivity contribution in [2.75, 3.05) is 31.1 Å². The van der Waals surface area contributed by atoms with E-state index in [0.29, 0.717) is 0 Å². The molecule has 0 saturated carbocycles. The molecule has 0 amide bonds. The van der Waals surface area contributed by atoms with Crippen LogP contribution in [0.1, 0.15) is 29.1 Å². The number of hydrogen-bond donors (Lipinski definition) is 0. The first-order chi connectivity index (χ1) is 11.2. The minimum atomic E-state index is 0.867. The summed E-state index contributed by atoms with van der Waals surface area (Å²) in [7, 11) is 2.09. The van der Waals surface area contributed by atoms with Crippen molar-refractivity contribution in [2.24, 2.45) is 7.05 Å². The maximum absolute atomic E-state index is 4.69. The van der Waals surface area contributed by atoms with Crippen LogP contribution >= 0.6 is 0 Å². The molecule has 1 aliphatic heterocycles. The van der Waals surface area contributed by atoms with E-state index in [-0.39, 0.29) is 0 Å². The van der Waals surface area contributed by atoms with Gasteiger partial charge in [0.1, 0.15) is 0 Å². The van der Waals surface area contributed by atoms with Crippen molar-refractivity contribution in [1.29, 1.82) is 0 Å².